The molecular weight excluding hydrogens is 286 g/mol. The molecule has 0 aliphatic heterocycles. The maximum atomic E-state index is 12.6. The second kappa shape index (κ2) is 6.92. The highest BCUT2D eigenvalue weighted by atomic mass is 16.1. The van der Waals surface area contributed by atoms with E-state index >= 15 is 0 Å². The molecular formula is C19H19N3O. The maximum absolute atomic E-state index is 12.6. The fourth-order valence-corrected chi connectivity index (χ4v) is 2.47. The average molecular weight is 305 g/mol. The third-order valence-corrected chi connectivity index (χ3v) is 3.82. The number of hydrogen-bond acceptors (Lipinski definition) is 3. The number of rotatable bonds is 5. The normalized spacial score (nSPS) is 11.9. The van der Waals surface area contributed by atoms with Crippen LogP contribution in [0.1, 0.15) is 18.4 Å². The lowest BCUT2D eigenvalue weighted by Crippen LogP contribution is -2.24. The zero-order valence-corrected chi connectivity index (χ0v) is 13.0. The van der Waals surface area contributed by atoms with Crippen molar-refractivity contribution in [2.45, 2.75) is 12.8 Å². The highest BCUT2D eigenvalue weighted by Gasteiger charge is 2.09. The molecule has 1 heterocycles. The van der Waals surface area contributed by atoms with Gasteiger partial charge in [-0.3, -0.25) is 9.36 Å². The lowest BCUT2D eigenvalue weighted by atomic mass is 10.0. The molecule has 0 radical (unpaired) electrons. The molecule has 1 atom stereocenters. The van der Waals surface area contributed by atoms with Crippen molar-refractivity contribution in [3.63, 3.8) is 0 Å². The summed E-state index contributed by atoms with van der Waals surface area (Å²) in [7, 11) is 0. The van der Waals surface area contributed by atoms with Crippen LogP contribution in [0.25, 0.3) is 5.69 Å². The van der Waals surface area contributed by atoms with Crippen molar-refractivity contribution < 1.29 is 0 Å². The van der Waals surface area contributed by atoms with Crippen LogP contribution in [0.3, 0.4) is 0 Å². The Morgan fingerprint density at radius 1 is 1.04 bits per heavy atom. The van der Waals surface area contributed by atoms with Gasteiger partial charge < -0.3 is 5.32 Å². The molecule has 0 aliphatic rings. The summed E-state index contributed by atoms with van der Waals surface area (Å²) in [5.41, 5.74) is 1.93. The zero-order chi connectivity index (χ0) is 16.1. The summed E-state index contributed by atoms with van der Waals surface area (Å²) in [6.07, 6.45) is 3.33. The highest BCUT2D eigenvalue weighted by molar-refractivity contribution is 5.38. The van der Waals surface area contributed by atoms with Crippen LogP contribution in [0, 0.1) is 0 Å². The molecule has 1 aromatic heterocycles. The van der Waals surface area contributed by atoms with Gasteiger partial charge in [0.25, 0.3) is 5.56 Å². The van der Waals surface area contributed by atoms with E-state index in [1.165, 1.54) is 5.56 Å². The molecule has 0 amide bonds. The standard InChI is InChI=1S/C19H19N3O/c1-15(16-8-4-2-5-9-16)14-21-18-19(23)22(13-12-20-18)17-10-6-3-7-11-17/h2-13,15H,14H2,1H3,(H,20,21)/t15-/m0/s1. The minimum absolute atomic E-state index is 0.140. The van der Waals surface area contributed by atoms with E-state index in [0.29, 0.717) is 18.3 Å². The number of hydrogen-bond donors (Lipinski definition) is 1. The van der Waals surface area contributed by atoms with E-state index in [1.54, 1.807) is 17.0 Å². The van der Waals surface area contributed by atoms with Gasteiger partial charge in [-0.2, -0.15) is 0 Å². The van der Waals surface area contributed by atoms with Crippen molar-refractivity contribution >= 4 is 5.82 Å². The van der Waals surface area contributed by atoms with Crippen LogP contribution in [-0.2, 0) is 0 Å². The molecule has 0 saturated carbocycles. The maximum Gasteiger partial charge on any atom is 0.297 e. The SMILES string of the molecule is C[C@@H](CNc1nccn(-c2ccccc2)c1=O)c1ccccc1. The summed E-state index contributed by atoms with van der Waals surface area (Å²) in [5, 5.41) is 3.18. The van der Waals surface area contributed by atoms with Crippen molar-refractivity contribution in [1.82, 2.24) is 9.55 Å². The van der Waals surface area contributed by atoms with Gasteiger partial charge in [0.15, 0.2) is 5.82 Å². The lowest BCUT2D eigenvalue weighted by Gasteiger charge is -2.14. The van der Waals surface area contributed by atoms with Crippen LogP contribution in [-0.4, -0.2) is 16.1 Å². The number of nitrogens with zero attached hydrogens (tertiary/aromatic N) is 2. The first-order valence-electron chi connectivity index (χ1n) is 7.67. The number of nitrogens with one attached hydrogen (secondary N) is 1. The number of benzene rings is 2. The van der Waals surface area contributed by atoms with Gasteiger partial charge in [0.05, 0.1) is 0 Å². The van der Waals surface area contributed by atoms with Gasteiger partial charge in [0.1, 0.15) is 0 Å². The molecule has 0 spiro atoms. The highest BCUT2D eigenvalue weighted by Crippen LogP contribution is 2.14. The molecule has 0 aliphatic carbocycles. The van der Waals surface area contributed by atoms with E-state index in [-0.39, 0.29) is 5.56 Å². The van der Waals surface area contributed by atoms with Gasteiger partial charge in [0, 0.05) is 24.6 Å². The van der Waals surface area contributed by atoms with Gasteiger partial charge in [-0.1, -0.05) is 55.5 Å². The fraction of sp³-hybridized carbons (Fsp3) is 0.158. The van der Waals surface area contributed by atoms with Gasteiger partial charge in [-0.25, -0.2) is 4.98 Å². The molecule has 0 unspecified atom stereocenters. The summed E-state index contributed by atoms with van der Waals surface area (Å²) in [4.78, 5) is 16.7. The van der Waals surface area contributed by atoms with Gasteiger partial charge in [0.2, 0.25) is 0 Å². The summed E-state index contributed by atoms with van der Waals surface area (Å²) < 4.78 is 1.60. The van der Waals surface area contributed by atoms with Crippen molar-refractivity contribution in [3.05, 3.63) is 89.0 Å². The predicted molar refractivity (Wildman–Crippen MR) is 93.2 cm³/mol. The van der Waals surface area contributed by atoms with E-state index in [4.69, 9.17) is 0 Å². The van der Waals surface area contributed by atoms with E-state index in [0.717, 1.165) is 5.69 Å². The third kappa shape index (κ3) is 3.48. The summed E-state index contributed by atoms with van der Waals surface area (Å²) in [6, 6.07) is 19.8. The lowest BCUT2D eigenvalue weighted by molar-refractivity contribution is 0.796. The molecule has 2 aromatic carbocycles. The molecule has 4 heteroatoms. The fourth-order valence-electron chi connectivity index (χ4n) is 2.47. The molecule has 0 saturated heterocycles. The van der Waals surface area contributed by atoms with E-state index in [2.05, 4.69) is 29.4 Å². The smallest absolute Gasteiger partial charge is 0.297 e. The largest absolute Gasteiger partial charge is 0.365 e. The zero-order valence-electron chi connectivity index (χ0n) is 13.0. The Morgan fingerprint density at radius 3 is 2.39 bits per heavy atom. The third-order valence-electron chi connectivity index (χ3n) is 3.82. The van der Waals surface area contributed by atoms with Crippen LogP contribution in [0.2, 0.25) is 0 Å². The first-order chi connectivity index (χ1) is 11.3. The number of para-hydroxylation sites is 1. The van der Waals surface area contributed by atoms with Crippen LogP contribution >= 0.6 is 0 Å². The molecule has 3 aromatic rings. The van der Waals surface area contributed by atoms with E-state index < -0.39 is 0 Å². The Bertz CT molecular complexity index is 813. The van der Waals surface area contributed by atoms with Crippen LogP contribution in [0.4, 0.5) is 5.82 Å². The monoisotopic (exact) mass is 305 g/mol. The number of aromatic nitrogens is 2. The second-order valence-corrected chi connectivity index (χ2v) is 5.48. The second-order valence-electron chi connectivity index (χ2n) is 5.48. The van der Waals surface area contributed by atoms with Crippen molar-refractivity contribution in [2.24, 2.45) is 0 Å². The molecule has 1 N–H and O–H groups in total. The Labute approximate surface area is 135 Å². The average Bonchev–Trinajstić information content (AvgIpc) is 2.62. The quantitative estimate of drug-likeness (QED) is 0.785. The Kier molecular flexibility index (Phi) is 4.52. The molecule has 4 nitrogen and oxygen atoms in total. The predicted octanol–water partition coefficient (Wildman–Crippen LogP) is 3.45. The molecule has 0 fully saturated rings. The summed E-state index contributed by atoms with van der Waals surface area (Å²) >= 11 is 0. The Hall–Kier alpha value is -2.88. The first kappa shape index (κ1) is 15.0. The summed E-state index contributed by atoms with van der Waals surface area (Å²) in [5.74, 6) is 0.668. The van der Waals surface area contributed by atoms with Gasteiger partial charge in [-0.05, 0) is 23.6 Å². The van der Waals surface area contributed by atoms with Gasteiger partial charge >= 0.3 is 0 Å². The minimum Gasteiger partial charge on any atom is -0.365 e. The van der Waals surface area contributed by atoms with Crippen LogP contribution in [0.5, 0.6) is 0 Å². The molecule has 23 heavy (non-hydrogen) atoms. The van der Waals surface area contributed by atoms with Crippen molar-refractivity contribution in [1.29, 1.82) is 0 Å². The molecule has 116 valence electrons. The molecule has 0 bridgehead atoms. The van der Waals surface area contributed by atoms with Gasteiger partial charge in [-0.15, -0.1) is 0 Å². The van der Waals surface area contributed by atoms with Crippen molar-refractivity contribution in [3.8, 4) is 5.69 Å². The van der Waals surface area contributed by atoms with Crippen LogP contribution < -0.4 is 10.9 Å². The van der Waals surface area contributed by atoms with E-state index in [9.17, 15) is 4.79 Å². The van der Waals surface area contributed by atoms with Crippen LogP contribution in [0.15, 0.2) is 77.9 Å². The Balaban J connectivity index is 1.78. The number of anilines is 1. The topological polar surface area (TPSA) is 46.9 Å². The minimum atomic E-state index is -0.140. The first-order valence-corrected chi connectivity index (χ1v) is 7.67. The molecule has 3 rings (SSSR count). The van der Waals surface area contributed by atoms with Crippen molar-refractivity contribution in [2.75, 3.05) is 11.9 Å². The summed E-state index contributed by atoms with van der Waals surface area (Å²) in [6.45, 7) is 2.78. The Morgan fingerprint density at radius 2 is 1.70 bits per heavy atom. The van der Waals surface area contributed by atoms with E-state index in [1.807, 2.05) is 48.5 Å².